The van der Waals surface area contributed by atoms with E-state index in [0.29, 0.717) is 0 Å². The number of nitrogens with zero attached hydrogens (tertiary/aromatic N) is 2. The van der Waals surface area contributed by atoms with E-state index >= 15 is 0 Å². The Morgan fingerprint density at radius 3 is 2.11 bits per heavy atom. The summed E-state index contributed by atoms with van der Waals surface area (Å²) in [5, 5.41) is 0. The summed E-state index contributed by atoms with van der Waals surface area (Å²) in [6.45, 7) is 10.5. The Bertz CT molecular complexity index is 338. The molecular weight excluding hydrogens is 232 g/mol. The van der Waals surface area contributed by atoms with Gasteiger partial charge in [0.1, 0.15) is 0 Å². The highest BCUT2D eigenvalue weighted by molar-refractivity contribution is 5.46. The smallest absolute Gasteiger partial charge is 0.0366 e. The van der Waals surface area contributed by atoms with Crippen molar-refractivity contribution in [1.82, 2.24) is 4.90 Å². The van der Waals surface area contributed by atoms with Gasteiger partial charge in [-0.15, -0.1) is 0 Å². The van der Waals surface area contributed by atoms with Gasteiger partial charge in [0.2, 0.25) is 0 Å². The third kappa shape index (κ3) is 3.97. The lowest BCUT2D eigenvalue weighted by atomic mass is 9.94. The average Bonchev–Trinajstić information content (AvgIpc) is 2.47. The molecule has 2 heterocycles. The molecule has 3 rings (SSSR count). The van der Waals surface area contributed by atoms with Gasteiger partial charge in [-0.2, -0.15) is 0 Å². The van der Waals surface area contributed by atoms with Crippen molar-refractivity contribution in [3.05, 3.63) is 30.3 Å². The minimum atomic E-state index is 0.940. The van der Waals surface area contributed by atoms with Gasteiger partial charge in [0.05, 0.1) is 0 Å². The van der Waals surface area contributed by atoms with Gasteiger partial charge in [0, 0.05) is 25.3 Å². The summed E-state index contributed by atoms with van der Waals surface area (Å²) in [6, 6.07) is 10.8. The van der Waals surface area contributed by atoms with Gasteiger partial charge >= 0.3 is 0 Å². The normalized spacial score (nSPS) is 20.4. The largest absolute Gasteiger partial charge is 0.372 e. The van der Waals surface area contributed by atoms with E-state index in [0.717, 1.165) is 5.92 Å². The fraction of sp³-hybridized carbons (Fsp3) is 0.647. The van der Waals surface area contributed by atoms with Crippen molar-refractivity contribution in [3.8, 4) is 0 Å². The molecule has 2 fully saturated rings. The van der Waals surface area contributed by atoms with Crippen LogP contribution in [0.15, 0.2) is 30.3 Å². The molecule has 0 amide bonds. The lowest BCUT2D eigenvalue weighted by Gasteiger charge is -2.38. The summed E-state index contributed by atoms with van der Waals surface area (Å²) in [7, 11) is 0. The summed E-state index contributed by atoms with van der Waals surface area (Å²) in [6.07, 6.45) is 4.15. The van der Waals surface area contributed by atoms with E-state index in [-0.39, 0.29) is 0 Å². The lowest BCUT2D eigenvalue weighted by molar-refractivity contribution is 0.142. The molecule has 0 aliphatic carbocycles. The standard InChI is InChI=1S/C15H22N2.C2H6/c1-2-5-15(6-3-1)17-11-7-14(8-12-17)13-16-9-4-10-16;1-2/h1-3,5-6,14H,4,7-13H2;1-2H3. The first-order valence-corrected chi connectivity index (χ1v) is 7.94. The van der Waals surface area contributed by atoms with Gasteiger partial charge in [-0.1, -0.05) is 32.0 Å². The molecule has 0 saturated carbocycles. The van der Waals surface area contributed by atoms with Gasteiger partial charge in [0.25, 0.3) is 0 Å². The van der Waals surface area contributed by atoms with Crippen LogP contribution in [0.5, 0.6) is 0 Å². The minimum Gasteiger partial charge on any atom is -0.372 e. The van der Waals surface area contributed by atoms with Gasteiger partial charge < -0.3 is 9.80 Å². The third-order valence-corrected chi connectivity index (χ3v) is 4.20. The predicted octanol–water partition coefficient (Wildman–Crippen LogP) is 3.63. The molecule has 0 aromatic heterocycles. The monoisotopic (exact) mass is 260 g/mol. The first-order chi connectivity index (χ1) is 9.42. The number of hydrogen-bond acceptors (Lipinski definition) is 2. The molecule has 0 bridgehead atoms. The molecule has 0 radical (unpaired) electrons. The van der Waals surface area contributed by atoms with Gasteiger partial charge in [0.15, 0.2) is 0 Å². The van der Waals surface area contributed by atoms with Crippen LogP contribution in [0.3, 0.4) is 0 Å². The molecule has 1 aromatic carbocycles. The fourth-order valence-corrected chi connectivity index (χ4v) is 2.94. The van der Waals surface area contributed by atoms with Crippen LogP contribution in [0.2, 0.25) is 0 Å². The second-order valence-corrected chi connectivity index (χ2v) is 5.42. The number of likely N-dealkylation sites (tertiary alicyclic amines) is 1. The average molecular weight is 260 g/mol. The second kappa shape index (κ2) is 7.54. The van der Waals surface area contributed by atoms with E-state index in [1.54, 1.807) is 0 Å². The molecular formula is C17H28N2. The van der Waals surface area contributed by atoms with E-state index in [1.165, 1.54) is 57.7 Å². The third-order valence-electron chi connectivity index (χ3n) is 4.20. The van der Waals surface area contributed by atoms with Gasteiger partial charge in [-0.05, 0) is 50.4 Å². The molecule has 2 nitrogen and oxygen atoms in total. The predicted molar refractivity (Wildman–Crippen MR) is 83.8 cm³/mol. The number of anilines is 1. The second-order valence-electron chi connectivity index (χ2n) is 5.42. The van der Waals surface area contributed by atoms with Crippen molar-refractivity contribution in [2.24, 2.45) is 5.92 Å². The van der Waals surface area contributed by atoms with Crippen LogP contribution in [0.25, 0.3) is 0 Å². The van der Waals surface area contributed by atoms with Gasteiger partial charge in [-0.25, -0.2) is 0 Å². The van der Waals surface area contributed by atoms with Crippen LogP contribution in [-0.4, -0.2) is 37.6 Å². The minimum absolute atomic E-state index is 0.940. The molecule has 0 N–H and O–H groups in total. The van der Waals surface area contributed by atoms with Crippen LogP contribution in [-0.2, 0) is 0 Å². The van der Waals surface area contributed by atoms with Crippen LogP contribution in [0.1, 0.15) is 33.1 Å². The maximum Gasteiger partial charge on any atom is 0.0366 e. The van der Waals surface area contributed by atoms with E-state index in [1.807, 2.05) is 13.8 Å². The highest BCUT2D eigenvalue weighted by Gasteiger charge is 2.23. The highest BCUT2D eigenvalue weighted by atomic mass is 15.2. The fourth-order valence-electron chi connectivity index (χ4n) is 2.94. The van der Waals surface area contributed by atoms with E-state index in [9.17, 15) is 0 Å². The summed E-state index contributed by atoms with van der Waals surface area (Å²) < 4.78 is 0. The Hall–Kier alpha value is -1.02. The molecule has 1 aromatic rings. The lowest BCUT2D eigenvalue weighted by Crippen LogP contribution is -2.43. The number of para-hydroxylation sites is 1. The summed E-state index contributed by atoms with van der Waals surface area (Å²) in [5.74, 6) is 0.940. The van der Waals surface area contributed by atoms with E-state index < -0.39 is 0 Å². The zero-order valence-electron chi connectivity index (χ0n) is 12.5. The zero-order valence-corrected chi connectivity index (χ0v) is 12.5. The number of rotatable bonds is 3. The van der Waals surface area contributed by atoms with E-state index in [4.69, 9.17) is 0 Å². The SMILES string of the molecule is CC.c1ccc(N2CCC(CN3CCC3)CC2)cc1. The van der Waals surface area contributed by atoms with Crippen molar-refractivity contribution < 1.29 is 0 Å². The maximum atomic E-state index is 2.61. The molecule has 106 valence electrons. The summed E-state index contributed by atoms with van der Waals surface area (Å²) >= 11 is 0. The quantitative estimate of drug-likeness (QED) is 0.819. The van der Waals surface area contributed by atoms with Crippen molar-refractivity contribution in [3.63, 3.8) is 0 Å². The Balaban J connectivity index is 0.000000637. The molecule has 2 aliphatic rings. The van der Waals surface area contributed by atoms with Crippen LogP contribution in [0, 0.1) is 5.92 Å². The number of benzene rings is 1. The molecule has 0 atom stereocenters. The topological polar surface area (TPSA) is 6.48 Å². The Morgan fingerprint density at radius 2 is 1.58 bits per heavy atom. The van der Waals surface area contributed by atoms with E-state index in [2.05, 4.69) is 40.1 Å². The van der Waals surface area contributed by atoms with Crippen LogP contribution >= 0.6 is 0 Å². The van der Waals surface area contributed by atoms with Crippen LogP contribution in [0.4, 0.5) is 5.69 Å². The molecule has 0 spiro atoms. The van der Waals surface area contributed by atoms with Gasteiger partial charge in [-0.3, -0.25) is 0 Å². The maximum absolute atomic E-state index is 2.61. The number of piperidine rings is 1. The highest BCUT2D eigenvalue weighted by Crippen LogP contribution is 2.24. The molecule has 2 heteroatoms. The van der Waals surface area contributed by atoms with Crippen molar-refractivity contribution in [2.75, 3.05) is 37.6 Å². The van der Waals surface area contributed by atoms with Crippen molar-refractivity contribution in [1.29, 1.82) is 0 Å². The number of hydrogen-bond donors (Lipinski definition) is 0. The molecule has 0 unspecified atom stereocenters. The Kier molecular flexibility index (Phi) is 5.71. The Morgan fingerprint density at radius 1 is 0.947 bits per heavy atom. The summed E-state index contributed by atoms with van der Waals surface area (Å²) in [4.78, 5) is 5.15. The molecule has 2 aliphatic heterocycles. The summed E-state index contributed by atoms with van der Waals surface area (Å²) in [5.41, 5.74) is 1.40. The zero-order chi connectivity index (χ0) is 13.5. The molecule has 19 heavy (non-hydrogen) atoms. The van der Waals surface area contributed by atoms with Crippen molar-refractivity contribution in [2.45, 2.75) is 33.1 Å². The Labute approximate surface area is 118 Å². The van der Waals surface area contributed by atoms with Crippen molar-refractivity contribution >= 4 is 5.69 Å². The first-order valence-electron chi connectivity index (χ1n) is 7.94. The molecule has 2 saturated heterocycles. The van der Waals surface area contributed by atoms with Crippen LogP contribution < -0.4 is 4.90 Å². The first kappa shape index (κ1) is 14.4.